The van der Waals surface area contributed by atoms with E-state index in [-0.39, 0.29) is 11.9 Å². The van der Waals surface area contributed by atoms with Gasteiger partial charge in [0.1, 0.15) is 0 Å². The average molecular weight is 291 g/mol. The molecule has 84 valence electrons. The summed E-state index contributed by atoms with van der Waals surface area (Å²) in [5.74, 6) is -0.254. The molecule has 0 bridgehead atoms. The highest BCUT2D eigenvalue weighted by atomic mass is 79.9. The number of likely N-dealkylation sites (N-methyl/N-ethyl adjacent to an activating group) is 1. The summed E-state index contributed by atoms with van der Waals surface area (Å²) in [6.07, 6.45) is 0.748. The standard InChI is InChI=1S/C10H15BrN2OS/c1-3-9(10(12)14)13(2)5-8-4-7(11)6-15-8/h4,6,9H,3,5H2,1-2H3,(H2,12,14)/t9-/m1/s1. The predicted octanol–water partition coefficient (Wildman–Crippen LogP) is 2.21. The van der Waals surface area contributed by atoms with Crippen molar-refractivity contribution in [2.75, 3.05) is 7.05 Å². The van der Waals surface area contributed by atoms with Crippen molar-refractivity contribution < 1.29 is 4.79 Å². The second-order valence-electron chi connectivity index (χ2n) is 3.47. The van der Waals surface area contributed by atoms with Crippen LogP contribution in [0.4, 0.5) is 0 Å². The first-order valence-electron chi connectivity index (χ1n) is 4.77. The van der Waals surface area contributed by atoms with Gasteiger partial charge in [0.2, 0.25) is 5.91 Å². The first kappa shape index (κ1) is 12.7. The van der Waals surface area contributed by atoms with Gasteiger partial charge in [0, 0.05) is 21.3 Å². The molecule has 1 aromatic heterocycles. The predicted molar refractivity (Wildman–Crippen MR) is 66.8 cm³/mol. The van der Waals surface area contributed by atoms with E-state index in [0.29, 0.717) is 0 Å². The fourth-order valence-electron chi connectivity index (χ4n) is 1.52. The van der Waals surface area contributed by atoms with Gasteiger partial charge in [-0.15, -0.1) is 11.3 Å². The van der Waals surface area contributed by atoms with Gasteiger partial charge in [-0.25, -0.2) is 0 Å². The van der Waals surface area contributed by atoms with Crippen LogP contribution in [-0.2, 0) is 11.3 Å². The number of carbonyl (C=O) groups is 1. The Morgan fingerprint density at radius 2 is 2.40 bits per heavy atom. The maximum Gasteiger partial charge on any atom is 0.234 e. The number of rotatable bonds is 5. The molecule has 0 unspecified atom stereocenters. The summed E-state index contributed by atoms with van der Waals surface area (Å²) in [6.45, 7) is 2.73. The van der Waals surface area contributed by atoms with E-state index in [1.54, 1.807) is 11.3 Å². The Balaban J connectivity index is 2.61. The highest BCUT2D eigenvalue weighted by Crippen LogP contribution is 2.21. The Morgan fingerprint density at radius 1 is 1.73 bits per heavy atom. The molecule has 1 heterocycles. The van der Waals surface area contributed by atoms with E-state index in [1.807, 2.05) is 24.3 Å². The van der Waals surface area contributed by atoms with Gasteiger partial charge < -0.3 is 5.73 Å². The van der Waals surface area contributed by atoms with Crippen molar-refractivity contribution in [1.82, 2.24) is 4.90 Å². The third kappa shape index (κ3) is 3.59. The van der Waals surface area contributed by atoms with E-state index in [1.165, 1.54) is 4.88 Å². The van der Waals surface area contributed by atoms with Crippen molar-refractivity contribution in [2.24, 2.45) is 5.73 Å². The first-order chi connectivity index (χ1) is 7.04. The summed E-state index contributed by atoms with van der Waals surface area (Å²) in [7, 11) is 1.92. The lowest BCUT2D eigenvalue weighted by Gasteiger charge is -2.23. The molecule has 15 heavy (non-hydrogen) atoms. The van der Waals surface area contributed by atoms with E-state index in [9.17, 15) is 4.79 Å². The van der Waals surface area contributed by atoms with Crippen molar-refractivity contribution >= 4 is 33.2 Å². The van der Waals surface area contributed by atoms with Crippen molar-refractivity contribution in [3.8, 4) is 0 Å². The van der Waals surface area contributed by atoms with E-state index in [0.717, 1.165) is 17.4 Å². The van der Waals surface area contributed by atoms with Crippen LogP contribution in [0.2, 0.25) is 0 Å². The summed E-state index contributed by atoms with van der Waals surface area (Å²) < 4.78 is 1.09. The van der Waals surface area contributed by atoms with Crippen LogP contribution in [0.5, 0.6) is 0 Å². The molecule has 5 heteroatoms. The number of primary amides is 1. The van der Waals surface area contributed by atoms with Gasteiger partial charge in [0.25, 0.3) is 0 Å². The molecule has 0 fully saturated rings. The second kappa shape index (κ2) is 5.63. The minimum Gasteiger partial charge on any atom is -0.368 e. The molecule has 2 N–H and O–H groups in total. The topological polar surface area (TPSA) is 46.3 Å². The van der Waals surface area contributed by atoms with Crippen LogP contribution < -0.4 is 5.73 Å². The largest absolute Gasteiger partial charge is 0.368 e. The number of nitrogens with zero attached hydrogens (tertiary/aromatic N) is 1. The number of hydrogen-bond donors (Lipinski definition) is 1. The van der Waals surface area contributed by atoms with Crippen molar-refractivity contribution in [2.45, 2.75) is 25.9 Å². The number of nitrogens with two attached hydrogens (primary N) is 1. The maximum absolute atomic E-state index is 11.1. The first-order valence-corrected chi connectivity index (χ1v) is 6.44. The zero-order valence-corrected chi connectivity index (χ0v) is 11.3. The fraction of sp³-hybridized carbons (Fsp3) is 0.500. The smallest absolute Gasteiger partial charge is 0.234 e. The lowest BCUT2D eigenvalue weighted by Crippen LogP contribution is -2.41. The summed E-state index contributed by atoms with van der Waals surface area (Å²) in [5.41, 5.74) is 5.32. The van der Waals surface area contributed by atoms with Gasteiger partial charge in [-0.3, -0.25) is 9.69 Å². The Hall–Kier alpha value is -0.390. The van der Waals surface area contributed by atoms with E-state index < -0.39 is 0 Å². The lowest BCUT2D eigenvalue weighted by atomic mass is 10.2. The van der Waals surface area contributed by atoms with Gasteiger partial charge >= 0.3 is 0 Å². The van der Waals surface area contributed by atoms with Crippen LogP contribution >= 0.6 is 27.3 Å². The van der Waals surface area contributed by atoms with Crippen molar-refractivity contribution in [3.05, 3.63) is 20.8 Å². The zero-order valence-electron chi connectivity index (χ0n) is 8.87. The number of amides is 1. The van der Waals surface area contributed by atoms with Gasteiger partial charge in [0.15, 0.2) is 0 Å². The third-order valence-electron chi connectivity index (χ3n) is 2.27. The molecule has 0 saturated heterocycles. The molecule has 0 aromatic carbocycles. The maximum atomic E-state index is 11.1. The van der Waals surface area contributed by atoms with Crippen LogP contribution in [-0.4, -0.2) is 23.9 Å². The quantitative estimate of drug-likeness (QED) is 0.904. The second-order valence-corrected chi connectivity index (χ2v) is 5.38. The summed E-state index contributed by atoms with van der Waals surface area (Å²) in [6, 6.07) is 1.89. The highest BCUT2D eigenvalue weighted by Gasteiger charge is 2.18. The Morgan fingerprint density at radius 3 is 2.80 bits per heavy atom. The zero-order chi connectivity index (χ0) is 11.4. The summed E-state index contributed by atoms with van der Waals surface area (Å²) in [4.78, 5) is 14.4. The fourth-order valence-corrected chi connectivity index (χ4v) is 3.04. The minimum atomic E-state index is -0.254. The van der Waals surface area contributed by atoms with Crippen LogP contribution in [0.3, 0.4) is 0 Å². The molecular weight excluding hydrogens is 276 g/mol. The van der Waals surface area contributed by atoms with Crippen LogP contribution in [0.25, 0.3) is 0 Å². The third-order valence-corrected chi connectivity index (χ3v) is 3.96. The molecule has 1 amide bonds. The van der Waals surface area contributed by atoms with Crippen LogP contribution in [0.15, 0.2) is 15.9 Å². The molecule has 1 atom stereocenters. The molecule has 0 aliphatic rings. The molecule has 0 aliphatic carbocycles. The van der Waals surface area contributed by atoms with Crippen LogP contribution in [0.1, 0.15) is 18.2 Å². The summed E-state index contributed by atoms with van der Waals surface area (Å²) in [5, 5.41) is 2.04. The highest BCUT2D eigenvalue weighted by molar-refractivity contribution is 9.10. The molecule has 0 aliphatic heterocycles. The molecular formula is C10H15BrN2OS. The Labute approximate surface area is 102 Å². The van der Waals surface area contributed by atoms with Gasteiger partial charge in [-0.05, 0) is 35.5 Å². The molecule has 0 saturated carbocycles. The van der Waals surface area contributed by atoms with Crippen LogP contribution in [0, 0.1) is 0 Å². The molecule has 0 radical (unpaired) electrons. The number of thiophene rings is 1. The normalized spacial score (nSPS) is 13.1. The Bertz CT molecular complexity index is 340. The van der Waals surface area contributed by atoms with E-state index in [4.69, 9.17) is 5.73 Å². The molecule has 3 nitrogen and oxygen atoms in total. The SMILES string of the molecule is CC[C@H](C(N)=O)N(C)Cc1cc(Br)cs1. The molecule has 0 spiro atoms. The van der Waals surface area contributed by atoms with E-state index in [2.05, 4.69) is 22.0 Å². The van der Waals surface area contributed by atoms with Gasteiger partial charge in [-0.2, -0.15) is 0 Å². The van der Waals surface area contributed by atoms with Crippen molar-refractivity contribution in [1.29, 1.82) is 0 Å². The Kier molecular flexibility index (Phi) is 4.76. The minimum absolute atomic E-state index is 0.175. The lowest BCUT2D eigenvalue weighted by molar-refractivity contribution is -0.123. The molecule has 1 aromatic rings. The van der Waals surface area contributed by atoms with Gasteiger partial charge in [-0.1, -0.05) is 6.92 Å². The summed E-state index contributed by atoms with van der Waals surface area (Å²) >= 11 is 5.08. The number of hydrogen-bond acceptors (Lipinski definition) is 3. The molecule has 1 rings (SSSR count). The number of halogens is 1. The average Bonchev–Trinajstić information content (AvgIpc) is 2.51. The monoisotopic (exact) mass is 290 g/mol. The van der Waals surface area contributed by atoms with Crippen molar-refractivity contribution in [3.63, 3.8) is 0 Å². The van der Waals surface area contributed by atoms with Gasteiger partial charge in [0.05, 0.1) is 6.04 Å². The number of carbonyl (C=O) groups excluding carboxylic acids is 1. The van der Waals surface area contributed by atoms with E-state index >= 15 is 0 Å².